The number of rotatable bonds is 6. The zero-order valence-electron chi connectivity index (χ0n) is 17.6. The van der Waals surface area contributed by atoms with Crippen LogP contribution in [-0.2, 0) is 11.3 Å². The number of likely N-dealkylation sites (tertiary alicyclic amines) is 1. The van der Waals surface area contributed by atoms with Gasteiger partial charge in [-0.2, -0.15) is 0 Å². The minimum absolute atomic E-state index is 0.0545. The number of anilines is 1. The highest BCUT2D eigenvalue weighted by Crippen LogP contribution is 2.29. The summed E-state index contributed by atoms with van der Waals surface area (Å²) in [5, 5.41) is 0. The van der Waals surface area contributed by atoms with Gasteiger partial charge in [-0.1, -0.05) is 6.07 Å². The van der Waals surface area contributed by atoms with E-state index in [2.05, 4.69) is 4.90 Å². The summed E-state index contributed by atoms with van der Waals surface area (Å²) < 4.78 is 24.9. The Labute approximate surface area is 172 Å². The number of amides is 1. The number of halogens is 1. The molecular weight excluding hydrogens is 371 g/mol. The van der Waals surface area contributed by atoms with Gasteiger partial charge < -0.3 is 14.4 Å². The van der Waals surface area contributed by atoms with Crippen molar-refractivity contribution in [3.63, 3.8) is 0 Å². The quantitative estimate of drug-likeness (QED) is 0.730. The number of carbonyl (C=O) groups excluding carboxylic acids is 1. The summed E-state index contributed by atoms with van der Waals surface area (Å²) in [4.78, 5) is 16.4. The number of benzene rings is 2. The third kappa shape index (κ3) is 4.88. The molecule has 0 unspecified atom stereocenters. The van der Waals surface area contributed by atoms with Gasteiger partial charge in [0.25, 0.3) is 0 Å². The molecule has 29 heavy (non-hydrogen) atoms. The Bertz CT molecular complexity index is 863. The van der Waals surface area contributed by atoms with E-state index in [1.54, 1.807) is 39.0 Å². The highest BCUT2D eigenvalue weighted by atomic mass is 19.1. The summed E-state index contributed by atoms with van der Waals surface area (Å²) in [6, 6.07) is 10.9. The first-order chi connectivity index (χ1) is 13.9. The Morgan fingerprint density at radius 2 is 1.86 bits per heavy atom. The predicted molar refractivity (Wildman–Crippen MR) is 112 cm³/mol. The maximum Gasteiger partial charge on any atom is 0.224 e. The Morgan fingerprint density at radius 3 is 2.45 bits per heavy atom. The SMILES string of the molecule is COc1ccc(OC)c(CN2CCC(N(C(C)=O)c3ccc(C)c(F)c3)CC2)c1. The van der Waals surface area contributed by atoms with Gasteiger partial charge in [0.15, 0.2) is 0 Å². The number of piperidine rings is 1. The van der Waals surface area contributed by atoms with E-state index in [9.17, 15) is 9.18 Å². The molecule has 2 aromatic rings. The Balaban J connectivity index is 1.69. The normalized spacial score (nSPS) is 15.2. The van der Waals surface area contributed by atoms with Gasteiger partial charge in [-0.15, -0.1) is 0 Å². The van der Waals surface area contributed by atoms with E-state index >= 15 is 0 Å². The maximum atomic E-state index is 14.0. The van der Waals surface area contributed by atoms with Crippen LogP contribution in [0, 0.1) is 12.7 Å². The second kappa shape index (κ2) is 9.27. The Kier molecular flexibility index (Phi) is 6.75. The molecule has 156 valence electrons. The number of hydrogen-bond donors (Lipinski definition) is 0. The van der Waals surface area contributed by atoms with Crippen molar-refractivity contribution in [1.29, 1.82) is 0 Å². The maximum absolute atomic E-state index is 14.0. The molecule has 1 aliphatic heterocycles. The zero-order valence-corrected chi connectivity index (χ0v) is 17.6. The third-order valence-corrected chi connectivity index (χ3v) is 5.58. The first-order valence-electron chi connectivity index (χ1n) is 9.92. The van der Waals surface area contributed by atoms with Crippen LogP contribution in [0.1, 0.15) is 30.9 Å². The summed E-state index contributed by atoms with van der Waals surface area (Å²) in [5.74, 6) is 1.31. The molecule has 1 amide bonds. The summed E-state index contributed by atoms with van der Waals surface area (Å²) in [7, 11) is 3.32. The smallest absolute Gasteiger partial charge is 0.224 e. The van der Waals surface area contributed by atoms with Crippen molar-refractivity contribution < 1.29 is 18.7 Å². The number of methoxy groups -OCH3 is 2. The molecule has 2 aromatic carbocycles. The van der Waals surface area contributed by atoms with Crippen molar-refractivity contribution in [1.82, 2.24) is 4.90 Å². The molecule has 0 aromatic heterocycles. The van der Waals surface area contributed by atoms with E-state index in [0.29, 0.717) is 11.3 Å². The molecule has 1 heterocycles. The Hall–Kier alpha value is -2.60. The van der Waals surface area contributed by atoms with Crippen molar-refractivity contribution in [2.45, 2.75) is 39.3 Å². The summed E-state index contributed by atoms with van der Waals surface area (Å²) in [5.41, 5.74) is 2.29. The minimum atomic E-state index is -0.281. The van der Waals surface area contributed by atoms with E-state index in [1.807, 2.05) is 24.3 Å². The average Bonchev–Trinajstić information content (AvgIpc) is 2.71. The van der Waals surface area contributed by atoms with E-state index < -0.39 is 0 Å². The van der Waals surface area contributed by atoms with Crippen molar-refractivity contribution in [2.75, 3.05) is 32.2 Å². The monoisotopic (exact) mass is 400 g/mol. The lowest BCUT2D eigenvalue weighted by molar-refractivity contribution is -0.117. The molecule has 0 spiro atoms. The summed E-state index contributed by atoms with van der Waals surface area (Å²) >= 11 is 0. The van der Waals surface area contributed by atoms with Crippen molar-refractivity contribution in [2.24, 2.45) is 0 Å². The van der Waals surface area contributed by atoms with Gasteiger partial charge in [0.05, 0.1) is 14.2 Å². The van der Waals surface area contributed by atoms with Crippen molar-refractivity contribution in [3.8, 4) is 11.5 Å². The second-order valence-corrected chi connectivity index (χ2v) is 7.51. The summed E-state index contributed by atoms with van der Waals surface area (Å²) in [6.07, 6.45) is 1.67. The lowest BCUT2D eigenvalue weighted by atomic mass is 10.0. The predicted octanol–water partition coefficient (Wildman–Crippen LogP) is 4.17. The molecule has 5 nitrogen and oxygen atoms in total. The lowest BCUT2D eigenvalue weighted by Gasteiger charge is -2.38. The standard InChI is InChI=1S/C23H29FN2O3/c1-16-5-6-20(14-22(16)24)26(17(2)27)19-9-11-25(12-10-19)15-18-13-21(28-3)7-8-23(18)29-4/h5-8,13-14,19H,9-12,15H2,1-4H3. The van der Waals surface area contributed by atoms with Gasteiger partial charge in [0.1, 0.15) is 17.3 Å². The van der Waals surface area contributed by atoms with Gasteiger partial charge in [0.2, 0.25) is 5.91 Å². The molecule has 0 N–H and O–H groups in total. The number of hydrogen-bond acceptors (Lipinski definition) is 4. The van der Waals surface area contributed by atoms with Crippen LogP contribution >= 0.6 is 0 Å². The molecule has 1 saturated heterocycles. The van der Waals surface area contributed by atoms with E-state index in [0.717, 1.165) is 49.5 Å². The Morgan fingerprint density at radius 1 is 1.14 bits per heavy atom. The molecule has 0 aliphatic carbocycles. The lowest BCUT2D eigenvalue weighted by Crippen LogP contribution is -2.46. The number of aryl methyl sites for hydroxylation is 1. The molecule has 0 atom stereocenters. The molecule has 0 bridgehead atoms. The van der Waals surface area contributed by atoms with Crippen LogP contribution in [0.5, 0.6) is 11.5 Å². The molecule has 0 saturated carbocycles. The highest BCUT2D eigenvalue weighted by molar-refractivity contribution is 5.92. The number of ether oxygens (including phenoxy) is 2. The van der Waals surface area contributed by atoms with Gasteiger partial charge in [-0.05, 0) is 55.7 Å². The molecule has 1 fully saturated rings. The van der Waals surface area contributed by atoms with Gasteiger partial charge >= 0.3 is 0 Å². The topological polar surface area (TPSA) is 42.0 Å². The van der Waals surface area contributed by atoms with Crippen molar-refractivity contribution in [3.05, 3.63) is 53.3 Å². The van der Waals surface area contributed by atoms with Crippen LogP contribution in [0.4, 0.5) is 10.1 Å². The first kappa shape index (κ1) is 21.1. The van der Waals surface area contributed by atoms with E-state index in [-0.39, 0.29) is 17.8 Å². The van der Waals surface area contributed by atoms with Crippen molar-refractivity contribution >= 4 is 11.6 Å². The fourth-order valence-electron chi connectivity index (χ4n) is 3.96. The average molecular weight is 400 g/mol. The molecule has 3 rings (SSSR count). The molecular formula is C23H29FN2O3. The van der Waals surface area contributed by atoms with E-state index in [4.69, 9.17) is 9.47 Å². The minimum Gasteiger partial charge on any atom is -0.497 e. The largest absolute Gasteiger partial charge is 0.497 e. The van der Waals surface area contributed by atoms with E-state index in [1.165, 1.54) is 6.07 Å². The fourth-order valence-corrected chi connectivity index (χ4v) is 3.96. The molecule has 0 radical (unpaired) electrons. The van der Waals surface area contributed by atoms with Gasteiger partial charge in [0, 0.05) is 43.9 Å². The first-order valence-corrected chi connectivity index (χ1v) is 9.92. The van der Waals surface area contributed by atoms with Crippen LogP contribution in [0.3, 0.4) is 0 Å². The molecule has 1 aliphatic rings. The van der Waals surface area contributed by atoms with Crippen LogP contribution in [0.15, 0.2) is 36.4 Å². The van der Waals surface area contributed by atoms with Crippen LogP contribution in [0.2, 0.25) is 0 Å². The van der Waals surface area contributed by atoms with Crippen LogP contribution in [-0.4, -0.2) is 44.2 Å². The number of carbonyl (C=O) groups is 1. The second-order valence-electron chi connectivity index (χ2n) is 7.51. The van der Waals surface area contributed by atoms with Crippen LogP contribution in [0.25, 0.3) is 0 Å². The number of nitrogens with zero attached hydrogens (tertiary/aromatic N) is 2. The van der Waals surface area contributed by atoms with Gasteiger partial charge in [-0.3, -0.25) is 9.69 Å². The third-order valence-electron chi connectivity index (χ3n) is 5.58. The highest BCUT2D eigenvalue weighted by Gasteiger charge is 2.28. The zero-order chi connectivity index (χ0) is 21.0. The molecule has 6 heteroatoms. The van der Waals surface area contributed by atoms with Gasteiger partial charge in [-0.25, -0.2) is 4.39 Å². The van der Waals surface area contributed by atoms with Crippen LogP contribution < -0.4 is 14.4 Å². The summed E-state index contributed by atoms with van der Waals surface area (Å²) in [6.45, 7) is 5.73. The fraction of sp³-hybridized carbons (Fsp3) is 0.435.